The number of carbonyl (C=O) groups excluding carboxylic acids is 1. The molecule has 1 aromatic rings. The Kier molecular flexibility index (Phi) is 5.16. The van der Waals surface area contributed by atoms with Crippen LogP contribution in [0.1, 0.15) is 27.1 Å². The lowest BCUT2D eigenvalue weighted by molar-refractivity contribution is 0.0459. The second-order valence-corrected chi connectivity index (χ2v) is 3.33. The number of benzene rings is 1. The maximum Gasteiger partial charge on any atom is 0.339 e. The summed E-state index contributed by atoms with van der Waals surface area (Å²) in [7, 11) is 1.56. The molecule has 0 aliphatic rings. The van der Waals surface area contributed by atoms with Crippen LogP contribution < -0.4 is 0 Å². The maximum atomic E-state index is 11.6. The molecular formula is C12H14O5. The van der Waals surface area contributed by atoms with Gasteiger partial charge in [-0.2, -0.15) is 0 Å². The van der Waals surface area contributed by atoms with Crippen LogP contribution in [0.25, 0.3) is 0 Å². The predicted octanol–water partition coefficient (Wildman–Crippen LogP) is 1.58. The fourth-order valence-electron chi connectivity index (χ4n) is 1.29. The van der Waals surface area contributed by atoms with Gasteiger partial charge in [0.1, 0.15) is 0 Å². The summed E-state index contributed by atoms with van der Waals surface area (Å²) < 4.78 is 9.74. The van der Waals surface area contributed by atoms with E-state index < -0.39 is 11.9 Å². The van der Waals surface area contributed by atoms with Crippen molar-refractivity contribution < 1.29 is 24.2 Å². The first-order valence-corrected chi connectivity index (χ1v) is 5.15. The van der Waals surface area contributed by atoms with Crippen molar-refractivity contribution in [3.8, 4) is 0 Å². The van der Waals surface area contributed by atoms with E-state index in [4.69, 9.17) is 14.6 Å². The van der Waals surface area contributed by atoms with E-state index in [0.29, 0.717) is 13.0 Å². The molecule has 0 amide bonds. The minimum absolute atomic E-state index is 0.0516. The number of hydrogen-bond acceptors (Lipinski definition) is 4. The molecule has 5 heteroatoms. The Bertz CT molecular complexity index is 400. The van der Waals surface area contributed by atoms with Gasteiger partial charge in [0.15, 0.2) is 0 Å². The summed E-state index contributed by atoms with van der Waals surface area (Å²) in [6.07, 6.45) is 0.581. The molecule has 0 saturated heterocycles. The SMILES string of the molecule is COCCCOC(=O)c1ccccc1C(=O)O. The Hall–Kier alpha value is -1.88. The van der Waals surface area contributed by atoms with Gasteiger partial charge in [-0.3, -0.25) is 0 Å². The fourth-order valence-corrected chi connectivity index (χ4v) is 1.29. The van der Waals surface area contributed by atoms with Crippen LogP contribution in [-0.4, -0.2) is 37.4 Å². The van der Waals surface area contributed by atoms with Gasteiger partial charge in [0.25, 0.3) is 0 Å². The molecule has 0 bridgehead atoms. The van der Waals surface area contributed by atoms with Gasteiger partial charge in [0, 0.05) is 20.1 Å². The van der Waals surface area contributed by atoms with Crippen molar-refractivity contribution >= 4 is 11.9 Å². The summed E-state index contributed by atoms with van der Waals surface area (Å²) in [4.78, 5) is 22.5. The van der Waals surface area contributed by atoms with E-state index in [1.54, 1.807) is 19.2 Å². The molecule has 1 rings (SSSR count). The molecular weight excluding hydrogens is 224 g/mol. The number of hydrogen-bond donors (Lipinski definition) is 1. The lowest BCUT2D eigenvalue weighted by Gasteiger charge is -2.06. The summed E-state index contributed by atoms with van der Waals surface area (Å²) in [6, 6.07) is 5.96. The third kappa shape index (κ3) is 3.88. The number of esters is 1. The van der Waals surface area contributed by atoms with E-state index in [1.807, 2.05) is 0 Å². The lowest BCUT2D eigenvalue weighted by Crippen LogP contribution is -2.12. The highest BCUT2D eigenvalue weighted by atomic mass is 16.5. The number of ether oxygens (including phenoxy) is 2. The van der Waals surface area contributed by atoms with Crippen LogP contribution in [0.15, 0.2) is 24.3 Å². The van der Waals surface area contributed by atoms with Crippen LogP contribution in [-0.2, 0) is 9.47 Å². The van der Waals surface area contributed by atoms with E-state index in [9.17, 15) is 9.59 Å². The molecule has 0 atom stereocenters. The van der Waals surface area contributed by atoms with E-state index in [-0.39, 0.29) is 17.7 Å². The van der Waals surface area contributed by atoms with E-state index in [0.717, 1.165) is 0 Å². The second kappa shape index (κ2) is 6.65. The number of carboxylic acids is 1. The van der Waals surface area contributed by atoms with E-state index in [2.05, 4.69) is 0 Å². The van der Waals surface area contributed by atoms with Crippen LogP contribution >= 0.6 is 0 Å². The quantitative estimate of drug-likeness (QED) is 0.601. The number of rotatable bonds is 6. The van der Waals surface area contributed by atoms with Crippen LogP contribution in [0, 0.1) is 0 Å². The number of carbonyl (C=O) groups is 2. The van der Waals surface area contributed by atoms with Crippen molar-refractivity contribution in [3.63, 3.8) is 0 Å². The first-order chi connectivity index (χ1) is 8.16. The van der Waals surface area contributed by atoms with Gasteiger partial charge in [-0.1, -0.05) is 12.1 Å². The standard InChI is InChI=1S/C12H14O5/c1-16-7-4-8-17-12(15)10-6-3-2-5-9(10)11(13)14/h2-3,5-6H,4,7-8H2,1H3,(H,13,14). The molecule has 1 aromatic carbocycles. The van der Waals surface area contributed by atoms with Gasteiger partial charge in [-0.25, -0.2) is 9.59 Å². The van der Waals surface area contributed by atoms with Crippen molar-refractivity contribution in [2.45, 2.75) is 6.42 Å². The number of methoxy groups -OCH3 is 1. The first-order valence-electron chi connectivity index (χ1n) is 5.15. The molecule has 0 aliphatic carbocycles. The molecule has 0 saturated carbocycles. The molecule has 17 heavy (non-hydrogen) atoms. The molecule has 0 heterocycles. The van der Waals surface area contributed by atoms with Gasteiger partial charge >= 0.3 is 11.9 Å². The second-order valence-electron chi connectivity index (χ2n) is 3.33. The summed E-state index contributed by atoms with van der Waals surface area (Å²) >= 11 is 0. The molecule has 1 N–H and O–H groups in total. The first kappa shape index (κ1) is 13.2. The summed E-state index contributed by atoms with van der Waals surface area (Å²) in [5, 5.41) is 8.90. The van der Waals surface area contributed by atoms with Gasteiger partial charge in [0.05, 0.1) is 17.7 Å². The third-order valence-electron chi connectivity index (χ3n) is 2.10. The van der Waals surface area contributed by atoms with Crippen molar-refractivity contribution in [1.82, 2.24) is 0 Å². The van der Waals surface area contributed by atoms with Crippen LogP contribution in [0.4, 0.5) is 0 Å². The smallest absolute Gasteiger partial charge is 0.339 e. The maximum absolute atomic E-state index is 11.6. The topological polar surface area (TPSA) is 72.8 Å². The average molecular weight is 238 g/mol. The van der Waals surface area contributed by atoms with Crippen LogP contribution in [0.5, 0.6) is 0 Å². The molecule has 5 nitrogen and oxygen atoms in total. The Labute approximate surface area is 99.0 Å². The molecule has 0 aromatic heterocycles. The molecule has 0 fully saturated rings. The Balaban J connectivity index is 2.65. The van der Waals surface area contributed by atoms with Gasteiger partial charge < -0.3 is 14.6 Å². The van der Waals surface area contributed by atoms with Crippen LogP contribution in [0.2, 0.25) is 0 Å². The Morgan fingerprint density at radius 3 is 2.41 bits per heavy atom. The number of carboxylic acid groups (broad SMARTS) is 1. The zero-order valence-corrected chi connectivity index (χ0v) is 9.51. The molecule has 0 spiro atoms. The molecule has 92 valence electrons. The van der Waals surface area contributed by atoms with Crippen molar-refractivity contribution in [3.05, 3.63) is 35.4 Å². The fraction of sp³-hybridized carbons (Fsp3) is 0.333. The van der Waals surface area contributed by atoms with Gasteiger partial charge in [0.2, 0.25) is 0 Å². The highest BCUT2D eigenvalue weighted by Crippen LogP contribution is 2.10. The minimum atomic E-state index is -1.14. The largest absolute Gasteiger partial charge is 0.478 e. The highest BCUT2D eigenvalue weighted by Gasteiger charge is 2.16. The Morgan fingerprint density at radius 1 is 1.18 bits per heavy atom. The molecule has 0 radical (unpaired) electrons. The normalized spacial score (nSPS) is 9.94. The average Bonchev–Trinajstić information content (AvgIpc) is 2.34. The Morgan fingerprint density at radius 2 is 1.82 bits per heavy atom. The van der Waals surface area contributed by atoms with Gasteiger partial charge in [-0.15, -0.1) is 0 Å². The molecule has 0 aliphatic heterocycles. The zero-order valence-electron chi connectivity index (χ0n) is 9.51. The lowest BCUT2D eigenvalue weighted by atomic mass is 10.1. The van der Waals surface area contributed by atoms with Crippen molar-refractivity contribution in [1.29, 1.82) is 0 Å². The summed E-state index contributed by atoms with van der Waals surface area (Å²) in [5.41, 5.74) is 0.0154. The van der Waals surface area contributed by atoms with Crippen LogP contribution in [0.3, 0.4) is 0 Å². The third-order valence-corrected chi connectivity index (χ3v) is 2.10. The van der Waals surface area contributed by atoms with E-state index in [1.165, 1.54) is 12.1 Å². The summed E-state index contributed by atoms with van der Waals surface area (Å²) in [6.45, 7) is 0.703. The minimum Gasteiger partial charge on any atom is -0.478 e. The monoisotopic (exact) mass is 238 g/mol. The highest BCUT2D eigenvalue weighted by molar-refractivity contribution is 6.02. The van der Waals surface area contributed by atoms with E-state index >= 15 is 0 Å². The number of aromatic carboxylic acids is 1. The van der Waals surface area contributed by atoms with Gasteiger partial charge in [-0.05, 0) is 12.1 Å². The van der Waals surface area contributed by atoms with Crippen molar-refractivity contribution in [2.75, 3.05) is 20.3 Å². The predicted molar refractivity (Wildman–Crippen MR) is 60.2 cm³/mol. The van der Waals surface area contributed by atoms with Crippen molar-refractivity contribution in [2.24, 2.45) is 0 Å². The summed E-state index contributed by atoms with van der Waals surface area (Å²) in [5.74, 6) is -1.77. The zero-order chi connectivity index (χ0) is 12.7. The molecule has 0 unspecified atom stereocenters.